The Balaban J connectivity index is 2.38. The lowest BCUT2D eigenvalue weighted by Crippen LogP contribution is -2.26. The van der Waals surface area contributed by atoms with Gasteiger partial charge < -0.3 is 0 Å². The summed E-state index contributed by atoms with van der Waals surface area (Å²) in [7, 11) is -5.48. The molecule has 1 aliphatic heterocycles. The summed E-state index contributed by atoms with van der Waals surface area (Å²) in [4.78, 5) is 0. The molecule has 82 valence electrons. The van der Waals surface area contributed by atoms with E-state index in [9.17, 15) is 21.6 Å². The molecule has 0 saturated carbocycles. The van der Waals surface area contributed by atoms with Gasteiger partial charge >= 0.3 is 15.6 Å². The van der Waals surface area contributed by atoms with Crippen LogP contribution in [0.4, 0.5) is 13.2 Å². The zero-order chi connectivity index (χ0) is 11.0. The van der Waals surface area contributed by atoms with Crippen molar-refractivity contribution < 1.29 is 25.8 Å². The van der Waals surface area contributed by atoms with Crippen molar-refractivity contribution in [2.24, 2.45) is 10.2 Å². The smallest absolute Gasteiger partial charge is 0.263 e. The summed E-state index contributed by atoms with van der Waals surface area (Å²) < 4.78 is 59.6. The number of hydrogen-bond acceptors (Lipinski definition) is 5. The molecule has 0 spiro atoms. The monoisotopic (exact) mass is 232 g/mol. The van der Waals surface area contributed by atoms with Crippen LogP contribution in [-0.2, 0) is 14.3 Å². The van der Waals surface area contributed by atoms with E-state index >= 15 is 0 Å². The molecule has 0 aromatic carbocycles. The third-order valence-electron chi connectivity index (χ3n) is 1.54. The first-order valence-electron chi connectivity index (χ1n) is 3.56. The van der Waals surface area contributed by atoms with E-state index < -0.39 is 27.9 Å². The highest BCUT2D eigenvalue weighted by Crippen LogP contribution is 2.31. The summed E-state index contributed by atoms with van der Waals surface area (Å²) in [6.07, 6.45) is 0.0162. The molecule has 1 aliphatic rings. The highest BCUT2D eigenvalue weighted by molar-refractivity contribution is 7.87. The minimum absolute atomic E-state index is 0.0162. The minimum Gasteiger partial charge on any atom is -0.263 e. The topological polar surface area (TPSA) is 68.1 Å². The highest BCUT2D eigenvalue weighted by atomic mass is 32.2. The summed E-state index contributed by atoms with van der Waals surface area (Å²) in [5.74, 6) is 0. The normalized spacial score (nSPS) is 19.7. The zero-order valence-corrected chi connectivity index (χ0v) is 7.89. The SMILES string of the molecule is CC1(CCOS(=O)(=O)C(F)(F)F)N=N1. The van der Waals surface area contributed by atoms with Gasteiger partial charge in [-0.2, -0.15) is 31.8 Å². The van der Waals surface area contributed by atoms with Gasteiger partial charge in [0.15, 0.2) is 5.66 Å². The van der Waals surface area contributed by atoms with Crippen LogP contribution in [0.5, 0.6) is 0 Å². The summed E-state index contributed by atoms with van der Waals surface area (Å²) in [5.41, 5.74) is -6.13. The fourth-order valence-corrected chi connectivity index (χ4v) is 1.03. The maximum Gasteiger partial charge on any atom is 0.523 e. The molecule has 14 heavy (non-hydrogen) atoms. The Morgan fingerprint density at radius 3 is 2.21 bits per heavy atom. The number of nitrogens with zero attached hydrogens (tertiary/aromatic N) is 2. The van der Waals surface area contributed by atoms with Crippen LogP contribution in [0, 0.1) is 0 Å². The van der Waals surface area contributed by atoms with Gasteiger partial charge in [0.1, 0.15) is 0 Å². The third kappa shape index (κ3) is 2.64. The van der Waals surface area contributed by atoms with Crippen molar-refractivity contribution in [1.29, 1.82) is 0 Å². The standard InChI is InChI=1S/C5H7F3N2O3S/c1-4(9-10-4)2-3-13-14(11,12)5(6,7)8/h2-3H2,1H3. The highest BCUT2D eigenvalue weighted by Gasteiger charge is 2.47. The van der Waals surface area contributed by atoms with Gasteiger partial charge in [-0.1, -0.05) is 0 Å². The average molecular weight is 232 g/mol. The van der Waals surface area contributed by atoms with Gasteiger partial charge in [0, 0.05) is 6.42 Å². The third-order valence-corrected chi connectivity index (χ3v) is 2.58. The molecule has 0 N–H and O–H groups in total. The average Bonchev–Trinajstić information content (AvgIpc) is 2.65. The van der Waals surface area contributed by atoms with Crippen molar-refractivity contribution in [3.05, 3.63) is 0 Å². The van der Waals surface area contributed by atoms with Crippen LogP contribution in [0.25, 0.3) is 0 Å². The Morgan fingerprint density at radius 1 is 1.36 bits per heavy atom. The second kappa shape index (κ2) is 3.16. The predicted molar refractivity (Wildman–Crippen MR) is 38.8 cm³/mol. The van der Waals surface area contributed by atoms with E-state index in [0.29, 0.717) is 0 Å². The zero-order valence-electron chi connectivity index (χ0n) is 7.08. The van der Waals surface area contributed by atoms with Gasteiger partial charge in [0.05, 0.1) is 6.61 Å². The summed E-state index contributed by atoms with van der Waals surface area (Å²) in [6, 6.07) is 0. The van der Waals surface area contributed by atoms with Crippen LogP contribution in [-0.4, -0.2) is 26.2 Å². The van der Waals surface area contributed by atoms with Gasteiger partial charge in [0.25, 0.3) is 0 Å². The lowest BCUT2D eigenvalue weighted by atomic mass is 10.2. The van der Waals surface area contributed by atoms with Gasteiger partial charge in [-0.05, 0) is 6.92 Å². The van der Waals surface area contributed by atoms with Crippen molar-refractivity contribution in [3.8, 4) is 0 Å². The predicted octanol–water partition coefficient (Wildman–Crippen LogP) is 1.42. The maximum absolute atomic E-state index is 11.7. The second-order valence-corrected chi connectivity index (χ2v) is 4.50. The molecule has 0 saturated heterocycles. The van der Waals surface area contributed by atoms with Crippen molar-refractivity contribution in [2.75, 3.05) is 6.61 Å². The molecular formula is C5H7F3N2O3S. The number of hydrogen-bond donors (Lipinski definition) is 0. The number of halogens is 3. The van der Waals surface area contributed by atoms with E-state index in [1.165, 1.54) is 0 Å². The van der Waals surface area contributed by atoms with Crippen molar-refractivity contribution in [1.82, 2.24) is 0 Å². The van der Waals surface area contributed by atoms with E-state index in [2.05, 4.69) is 14.4 Å². The van der Waals surface area contributed by atoms with Crippen LogP contribution < -0.4 is 0 Å². The molecule has 5 nitrogen and oxygen atoms in total. The number of alkyl halides is 3. The lowest BCUT2D eigenvalue weighted by molar-refractivity contribution is -0.0544. The van der Waals surface area contributed by atoms with Crippen LogP contribution in [0.2, 0.25) is 0 Å². The van der Waals surface area contributed by atoms with Crippen molar-refractivity contribution >= 4 is 10.1 Å². The summed E-state index contributed by atoms with van der Waals surface area (Å²) >= 11 is 0. The minimum atomic E-state index is -5.48. The number of rotatable bonds is 4. The first-order chi connectivity index (χ1) is 6.16. The molecule has 0 aromatic rings. The molecule has 1 heterocycles. The summed E-state index contributed by atoms with van der Waals surface area (Å²) in [6.45, 7) is 0.974. The van der Waals surface area contributed by atoms with Gasteiger partial charge in [-0.3, -0.25) is 4.18 Å². The Labute approximate surface area is 78.1 Å². The van der Waals surface area contributed by atoms with Gasteiger partial charge in [-0.15, -0.1) is 0 Å². The lowest BCUT2D eigenvalue weighted by Gasteiger charge is -2.08. The van der Waals surface area contributed by atoms with Crippen LogP contribution in [0.3, 0.4) is 0 Å². The van der Waals surface area contributed by atoms with Gasteiger partial charge in [-0.25, -0.2) is 0 Å². The fraction of sp³-hybridized carbons (Fsp3) is 1.00. The van der Waals surface area contributed by atoms with E-state index in [-0.39, 0.29) is 6.42 Å². The summed E-state index contributed by atoms with van der Waals surface area (Å²) in [5, 5.41) is 6.97. The molecule has 0 bridgehead atoms. The second-order valence-electron chi connectivity index (χ2n) is 2.89. The van der Waals surface area contributed by atoms with E-state index in [0.717, 1.165) is 0 Å². The Kier molecular flexibility index (Phi) is 2.57. The van der Waals surface area contributed by atoms with Crippen LogP contribution in [0.1, 0.15) is 13.3 Å². The van der Waals surface area contributed by atoms with Crippen LogP contribution >= 0.6 is 0 Å². The quantitative estimate of drug-likeness (QED) is 0.543. The molecule has 0 unspecified atom stereocenters. The Hall–Kier alpha value is -0.700. The largest absolute Gasteiger partial charge is 0.523 e. The first kappa shape index (κ1) is 11.4. The van der Waals surface area contributed by atoms with E-state index in [1.807, 2.05) is 0 Å². The molecular weight excluding hydrogens is 225 g/mol. The molecule has 0 radical (unpaired) electrons. The molecule has 0 atom stereocenters. The molecule has 0 aliphatic carbocycles. The van der Waals surface area contributed by atoms with Gasteiger partial charge in [0.2, 0.25) is 0 Å². The molecule has 0 amide bonds. The van der Waals surface area contributed by atoms with E-state index in [1.54, 1.807) is 6.92 Å². The van der Waals surface area contributed by atoms with Crippen molar-refractivity contribution in [3.63, 3.8) is 0 Å². The van der Waals surface area contributed by atoms with E-state index in [4.69, 9.17) is 0 Å². The Bertz CT molecular complexity index is 342. The molecule has 9 heteroatoms. The molecule has 0 fully saturated rings. The first-order valence-corrected chi connectivity index (χ1v) is 4.97. The van der Waals surface area contributed by atoms with Crippen molar-refractivity contribution in [2.45, 2.75) is 24.5 Å². The maximum atomic E-state index is 11.7. The van der Waals surface area contributed by atoms with Crippen LogP contribution in [0.15, 0.2) is 10.2 Å². The molecule has 0 aromatic heterocycles. The fourth-order valence-electron chi connectivity index (χ4n) is 0.597. The Morgan fingerprint density at radius 2 is 1.86 bits per heavy atom. The molecule has 1 rings (SSSR count).